The highest BCUT2D eigenvalue weighted by Crippen LogP contribution is 2.27. The highest BCUT2D eigenvalue weighted by atomic mass is 79.9. The first kappa shape index (κ1) is 20.4. The van der Waals surface area contributed by atoms with Crippen molar-refractivity contribution < 1.29 is 4.79 Å². The number of nitrogens with one attached hydrogen (secondary N) is 1. The third-order valence-electron chi connectivity index (χ3n) is 5.67. The molecule has 4 rings (SSSR count). The normalized spacial score (nSPS) is 11.1. The molecule has 4 aromatic rings. The third kappa shape index (κ3) is 4.19. The Hall–Kier alpha value is -2.85. The molecule has 4 heteroatoms. The summed E-state index contributed by atoms with van der Waals surface area (Å²) in [6, 6.07) is 22.6. The lowest BCUT2D eigenvalue weighted by atomic mass is 10.1. The molecule has 0 spiro atoms. The van der Waals surface area contributed by atoms with E-state index in [1.807, 2.05) is 36.4 Å². The molecule has 1 aromatic heterocycles. The van der Waals surface area contributed by atoms with Crippen LogP contribution in [-0.2, 0) is 13.1 Å². The summed E-state index contributed by atoms with van der Waals surface area (Å²) in [5.41, 5.74) is 7.92. The largest absolute Gasteiger partial charge is 0.348 e. The molecule has 3 aromatic carbocycles. The number of hydrogen-bond acceptors (Lipinski definition) is 1. The van der Waals surface area contributed by atoms with E-state index in [4.69, 9.17) is 0 Å². The third-order valence-corrected chi connectivity index (χ3v) is 6.16. The van der Waals surface area contributed by atoms with Gasteiger partial charge in [0.15, 0.2) is 0 Å². The second-order valence-corrected chi connectivity index (χ2v) is 8.75. The zero-order chi connectivity index (χ0) is 21.3. The van der Waals surface area contributed by atoms with Gasteiger partial charge in [-0.2, -0.15) is 0 Å². The van der Waals surface area contributed by atoms with E-state index in [1.165, 1.54) is 22.4 Å². The Kier molecular flexibility index (Phi) is 5.78. The minimum Gasteiger partial charge on any atom is -0.348 e. The second-order valence-electron chi connectivity index (χ2n) is 7.83. The van der Waals surface area contributed by atoms with Crippen molar-refractivity contribution >= 4 is 32.7 Å². The fourth-order valence-corrected chi connectivity index (χ4v) is 4.37. The molecule has 1 heterocycles. The summed E-state index contributed by atoms with van der Waals surface area (Å²) >= 11 is 3.47. The van der Waals surface area contributed by atoms with Crippen molar-refractivity contribution in [3.05, 3.63) is 105 Å². The summed E-state index contributed by atoms with van der Waals surface area (Å²) in [7, 11) is 0. The van der Waals surface area contributed by atoms with Gasteiger partial charge in [0.05, 0.1) is 0 Å². The van der Waals surface area contributed by atoms with Crippen LogP contribution in [0.5, 0.6) is 0 Å². The molecular weight excluding hydrogens is 436 g/mol. The molecule has 0 unspecified atom stereocenters. The lowest BCUT2D eigenvalue weighted by Gasteiger charge is -2.10. The summed E-state index contributed by atoms with van der Waals surface area (Å²) in [6.45, 7) is 7.73. The number of rotatable bonds is 5. The maximum Gasteiger partial charge on any atom is 0.251 e. The van der Waals surface area contributed by atoms with Gasteiger partial charge in [0.1, 0.15) is 0 Å². The van der Waals surface area contributed by atoms with E-state index >= 15 is 0 Å². The summed E-state index contributed by atoms with van der Waals surface area (Å²) in [5.74, 6) is -0.0552. The molecule has 0 atom stereocenters. The van der Waals surface area contributed by atoms with Gasteiger partial charge in [0.25, 0.3) is 5.91 Å². The van der Waals surface area contributed by atoms with Crippen LogP contribution in [0.25, 0.3) is 10.9 Å². The predicted octanol–water partition coefficient (Wildman–Crippen LogP) is 6.31. The molecule has 0 radical (unpaired) electrons. The van der Waals surface area contributed by atoms with Gasteiger partial charge in [-0.25, -0.2) is 0 Å². The Morgan fingerprint density at radius 2 is 1.70 bits per heavy atom. The van der Waals surface area contributed by atoms with Crippen LogP contribution in [0.1, 0.15) is 38.3 Å². The minimum absolute atomic E-state index is 0.0552. The molecule has 1 amide bonds. The van der Waals surface area contributed by atoms with Crippen molar-refractivity contribution in [1.29, 1.82) is 0 Å². The van der Waals surface area contributed by atoms with Crippen LogP contribution >= 0.6 is 15.9 Å². The first-order valence-electron chi connectivity index (χ1n) is 10.1. The van der Waals surface area contributed by atoms with Gasteiger partial charge in [-0.05, 0) is 67.8 Å². The smallest absolute Gasteiger partial charge is 0.251 e. The number of aromatic nitrogens is 1. The van der Waals surface area contributed by atoms with E-state index in [0.717, 1.165) is 27.5 Å². The Labute approximate surface area is 185 Å². The van der Waals surface area contributed by atoms with Gasteiger partial charge in [0.2, 0.25) is 0 Å². The molecule has 30 heavy (non-hydrogen) atoms. The number of aryl methyl sites for hydroxylation is 2. The molecule has 1 N–H and O–H groups in total. The number of fused-ring (bicyclic) bond motifs is 1. The lowest BCUT2D eigenvalue weighted by Crippen LogP contribution is -2.22. The molecule has 0 bridgehead atoms. The summed E-state index contributed by atoms with van der Waals surface area (Å²) in [4.78, 5) is 12.7. The lowest BCUT2D eigenvalue weighted by molar-refractivity contribution is 0.0951. The van der Waals surface area contributed by atoms with E-state index in [1.54, 1.807) is 0 Å². The van der Waals surface area contributed by atoms with Crippen molar-refractivity contribution in [1.82, 2.24) is 9.88 Å². The van der Waals surface area contributed by atoms with E-state index in [2.05, 4.69) is 76.9 Å². The van der Waals surface area contributed by atoms with Crippen LogP contribution in [0, 0.1) is 20.8 Å². The first-order valence-corrected chi connectivity index (χ1v) is 10.9. The van der Waals surface area contributed by atoms with Gasteiger partial charge in [0, 0.05) is 39.7 Å². The molecule has 0 fully saturated rings. The minimum atomic E-state index is -0.0552. The highest BCUT2D eigenvalue weighted by molar-refractivity contribution is 9.10. The van der Waals surface area contributed by atoms with Gasteiger partial charge < -0.3 is 9.88 Å². The fourth-order valence-electron chi connectivity index (χ4n) is 3.92. The van der Waals surface area contributed by atoms with Crippen LogP contribution in [0.4, 0.5) is 0 Å². The van der Waals surface area contributed by atoms with Crippen LogP contribution < -0.4 is 5.32 Å². The topological polar surface area (TPSA) is 34.0 Å². The van der Waals surface area contributed by atoms with E-state index in [9.17, 15) is 4.79 Å². The van der Waals surface area contributed by atoms with Gasteiger partial charge in [-0.1, -0.05) is 57.9 Å². The molecule has 0 aliphatic heterocycles. The van der Waals surface area contributed by atoms with Crippen molar-refractivity contribution in [3.8, 4) is 0 Å². The molecule has 3 nitrogen and oxygen atoms in total. The summed E-state index contributed by atoms with van der Waals surface area (Å²) < 4.78 is 3.35. The van der Waals surface area contributed by atoms with Crippen LogP contribution in [0.15, 0.2) is 71.2 Å². The van der Waals surface area contributed by atoms with Crippen LogP contribution in [0.3, 0.4) is 0 Å². The molecule has 152 valence electrons. The van der Waals surface area contributed by atoms with Crippen molar-refractivity contribution in [2.24, 2.45) is 0 Å². The number of carbonyl (C=O) groups is 1. The zero-order valence-corrected chi connectivity index (χ0v) is 19.1. The predicted molar refractivity (Wildman–Crippen MR) is 127 cm³/mol. The Bertz CT molecular complexity index is 1240. The Morgan fingerprint density at radius 3 is 2.47 bits per heavy atom. The van der Waals surface area contributed by atoms with Crippen molar-refractivity contribution in [3.63, 3.8) is 0 Å². The van der Waals surface area contributed by atoms with E-state index in [0.29, 0.717) is 12.1 Å². The first-order chi connectivity index (χ1) is 14.4. The number of hydrogen-bond donors (Lipinski definition) is 1. The van der Waals surface area contributed by atoms with Crippen molar-refractivity contribution in [2.75, 3.05) is 0 Å². The maximum absolute atomic E-state index is 12.7. The van der Waals surface area contributed by atoms with E-state index < -0.39 is 0 Å². The maximum atomic E-state index is 12.7. The van der Waals surface area contributed by atoms with Crippen LogP contribution in [0.2, 0.25) is 0 Å². The average molecular weight is 461 g/mol. The fraction of sp³-hybridized carbons (Fsp3) is 0.192. The highest BCUT2D eigenvalue weighted by Gasteiger charge is 2.14. The van der Waals surface area contributed by atoms with Crippen LogP contribution in [-0.4, -0.2) is 10.5 Å². The molecular formula is C26H25BrN2O. The number of nitrogens with zero attached hydrogens (tertiary/aromatic N) is 1. The Morgan fingerprint density at radius 1 is 0.933 bits per heavy atom. The Balaban J connectivity index is 1.59. The number of amides is 1. The van der Waals surface area contributed by atoms with Gasteiger partial charge >= 0.3 is 0 Å². The van der Waals surface area contributed by atoms with Gasteiger partial charge in [-0.3, -0.25) is 4.79 Å². The SMILES string of the molecule is Cc1cccc(Cn2c(C)c(C)c3cc(C(=O)NCc4cccc(Br)c4)ccc32)c1. The van der Waals surface area contributed by atoms with Crippen molar-refractivity contribution in [2.45, 2.75) is 33.9 Å². The second kappa shape index (κ2) is 8.49. The standard InChI is InChI=1S/C26H25BrN2O/c1-17-6-4-8-21(12-17)16-29-19(3)18(2)24-14-22(10-11-25(24)29)26(30)28-15-20-7-5-9-23(27)13-20/h4-14H,15-16H2,1-3H3,(H,28,30). The number of carbonyl (C=O) groups excluding carboxylic acids is 1. The number of benzene rings is 3. The molecule has 0 saturated heterocycles. The quantitative estimate of drug-likeness (QED) is 0.372. The zero-order valence-electron chi connectivity index (χ0n) is 17.5. The summed E-state index contributed by atoms with van der Waals surface area (Å²) in [5, 5.41) is 4.16. The summed E-state index contributed by atoms with van der Waals surface area (Å²) in [6.07, 6.45) is 0. The van der Waals surface area contributed by atoms with E-state index in [-0.39, 0.29) is 5.91 Å². The molecule has 0 saturated carbocycles. The monoisotopic (exact) mass is 460 g/mol. The molecule has 0 aliphatic carbocycles. The average Bonchev–Trinajstić information content (AvgIpc) is 2.96. The number of halogens is 1. The molecule has 0 aliphatic rings. The van der Waals surface area contributed by atoms with Gasteiger partial charge in [-0.15, -0.1) is 0 Å².